The lowest BCUT2D eigenvalue weighted by Gasteiger charge is -2.13. The fraction of sp³-hybridized carbons (Fsp3) is 0.222. The monoisotopic (exact) mass is 290 g/mol. The Morgan fingerprint density at radius 1 is 1.25 bits per heavy atom. The molecule has 0 aliphatic heterocycles. The summed E-state index contributed by atoms with van der Waals surface area (Å²) in [7, 11) is 0. The largest absolute Gasteiger partial charge is 0.417 e. The molecule has 0 aliphatic carbocycles. The number of halogens is 6. The first kappa shape index (κ1) is 13.6. The van der Waals surface area contributed by atoms with Gasteiger partial charge in [0.05, 0.1) is 16.5 Å². The number of carbonyl (C=O) groups excluding carboxylic acids is 1. The normalized spacial score (nSPS) is 11.6. The summed E-state index contributed by atoms with van der Waals surface area (Å²) in [6.45, 7) is 0. The number of Topliss-reactive ketones (excluding diaryl/α,β-unsaturated/α-hetero) is 1. The zero-order chi connectivity index (χ0) is 12.5. The highest BCUT2D eigenvalue weighted by Gasteiger charge is 2.36. The molecule has 7 heteroatoms. The lowest BCUT2D eigenvalue weighted by molar-refractivity contribution is -0.137. The van der Waals surface area contributed by atoms with Crippen molar-refractivity contribution in [1.29, 1.82) is 0 Å². The van der Waals surface area contributed by atoms with E-state index in [0.717, 1.165) is 6.07 Å². The van der Waals surface area contributed by atoms with Crippen molar-refractivity contribution in [2.45, 2.75) is 6.18 Å². The number of ketones is 1. The smallest absolute Gasteiger partial charge is 0.293 e. The van der Waals surface area contributed by atoms with E-state index in [1.807, 2.05) is 0 Å². The van der Waals surface area contributed by atoms with E-state index < -0.39 is 29.0 Å². The Morgan fingerprint density at radius 3 is 2.25 bits per heavy atom. The van der Waals surface area contributed by atoms with Gasteiger partial charge in [-0.05, 0) is 12.1 Å². The minimum absolute atomic E-state index is 0.191. The van der Waals surface area contributed by atoms with E-state index in [1.54, 1.807) is 0 Å². The minimum atomic E-state index is -4.70. The fourth-order valence-corrected chi connectivity index (χ4v) is 1.88. The number of rotatable bonds is 2. The van der Waals surface area contributed by atoms with E-state index in [1.165, 1.54) is 0 Å². The summed E-state index contributed by atoms with van der Waals surface area (Å²) in [5.74, 6) is -1.47. The quantitative estimate of drug-likeness (QED) is 0.582. The van der Waals surface area contributed by atoms with E-state index in [-0.39, 0.29) is 10.0 Å². The zero-order valence-corrected chi connectivity index (χ0v) is 9.81. The van der Waals surface area contributed by atoms with Gasteiger partial charge in [0.2, 0.25) is 0 Å². The molecule has 1 aromatic carbocycles. The second kappa shape index (κ2) is 4.82. The number of carbonyl (C=O) groups is 1. The first-order chi connectivity index (χ1) is 7.27. The van der Waals surface area contributed by atoms with E-state index in [2.05, 4.69) is 0 Å². The molecule has 1 rings (SSSR count). The molecule has 0 bridgehead atoms. The van der Waals surface area contributed by atoms with Crippen LogP contribution >= 0.6 is 34.8 Å². The fourth-order valence-electron chi connectivity index (χ4n) is 1.15. The Labute approximate surface area is 104 Å². The van der Waals surface area contributed by atoms with Crippen LogP contribution in [0.2, 0.25) is 10.0 Å². The van der Waals surface area contributed by atoms with Crippen LogP contribution in [0.15, 0.2) is 12.1 Å². The van der Waals surface area contributed by atoms with Gasteiger partial charge in [0.15, 0.2) is 5.78 Å². The topological polar surface area (TPSA) is 17.1 Å². The molecule has 0 aromatic heterocycles. The second-order valence-corrected chi connectivity index (χ2v) is 3.98. The molecule has 0 N–H and O–H groups in total. The minimum Gasteiger partial charge on any atom is -0.293 e. The summed E-state index contributed by atoms with van der Waals surface area (Å²) >= 11 is 16.2. The Morgan fingerprint density at radius 2 is 1.81 bits per heavy atom. The molecule has 0 saturated heterocycles. The van der Waals surface area contributed by atoms with Crippen LogP contribution in [0.1, 0.15) is 15.9 Å². The molecule has 0 radical (unpaired) electrons. The maximum atomic E-state index is 12.6. The van der Waals surface area contributed by atoms with Crippen LogP contribution in [0, 0.1) is 0 Å². The molecule has 0 heterocycles. The maximum absolute atomic E-state index is 12.6. The third kappa shape index (κ3) is 2.81. The predicted octanol–water partition coefficient (Wildman–Crippen LogP) is 4.43. The van der Waals surface area contributed by atoms with Crippen LogP contribution in [0.25, 0.3) is 0 Å². The van der Waals surface area contributed by atoms with Gasteiger partial charge >= 0.3 is 6.18 Å². The van der Waals surface area contributed by atoms with Gasteiger partial charge < -0.3 is 0 Å². The molecule has 1 aromatic rings. The zero-order valence-electron chi connectivity index (χ0n) is 7.54. The van der Waals surface area contributed by atoms with Crippen LogP contribution in [-0.2, 0) is 6.18 Å². The highest BCUT2D eigenvalue weighted by Crippen LogP contribution is 2.37. The van der Waals surface area contributed by atoms with E-state index in [0.29, 0.717) is 6.07 Å². The Kier molecular flexibility index (Phi) is 4.10. The number of hydrogen-bond donors (Lipinski definition) is 0. The SMILES string of the molecule is O=C(CCl)c1c(Cl)cc(Cl)cc1C(F)(F)F. The van der Waals surface area contributed by atoms with Crippen LogP contribution < -0.4 is 0 Å². The van der Waals surface area contributed by atoms with E-state index in [4.69, 9.17) is 34.8 Å². The van der Waals surface area contributed by atoms with E-state index >= 15 is 0 Å². The van der Waals surface area contributed by atoms with Gasteiger partial charge in [0.1, 0.15) is 0 Å². The number of alkyl halides is 4. The van der Waals surface area contributed by atoms with Gasteiger partial charge in [-0.1, -0.05) is 23.2 Å². The van der Waals surface area contributed by atoms with Gasteiger partial charge in [-0.2, -0.15) is 13.2 Å². The van der Waals surface area contributed by atoms with Gasteiger partial charge in [-0.25, -0.2) is 0 Å². The first-order valence-corrected chi connectivity index (χ1v) is 5.22. The van der Waals surface area contributed by atoms with Crippen LogP contribution in [0.5, 0.6) is 0 Å². The third-order valence-electron chi connectivity index (χ3n) is 1.76. The molecule has 0 spiro atoms. The Hall–Kier alpha value is -0.450. The van der Waals surface area contributed by atoms with Crippen LogP contribution in [0.3, 0.4) is 0 Å². The number of benzene rings is 1. The molecule has 0 aliphatic rings. The van der Waals surface area contributed by atoms with Crippen molar-refractivity contribution in [3.8, 4) is 0 Å². The summed E-state index contributed by atoms with van der Waals surface area (Å²) in [5, 5.41) is -0.547. The van der Waals surface area contributed by atoms with Crippen LogP contribution in [-0.4, -0.2) is 11.7 Å². The van der Waals surface area contributed by atoms with Gasteiger partial charge in [-0.15, -0.1) is 11.6 Å². The molecule has 0 fully saturated rings. The van der Waals surface area contributed by atoms with Gasteiger partial charge in [-0.3, -0.25) is 4.79 Å². The molecule has 0 amide bonds. The average Bonchev–Trinajstić information content (AvgIpc) is 2.14. The Bertz CT molecular complexity index is 429. The lowest BCUT2D eigenvalue weighted by atomic mass is 10.0. The standard InChI is InChI=1S/C9H4Cl3F3O/c10-3-7(16)8-5(9(13,14)15)1-4(11)2-6(8)12/h1-2H,3H2. The summed E-state index contributed by atoms with van der Waals surface area (Å²) < 4.78 is 37.8. The van der Waals surface area contributed by atoms with Crippen molar-refractivity contribution in [1.82, 2.24) is 0 Å². The summed E-state index contributed by atoms with van der Waals surface area (Å²) in [6, 6.07) is 1.71. The van der Waals surface area contributed by atoms with Crippen molar-refractivity contribution in [2.24, 2.45) is 0 Å². The number of hydrogen-bond acceptors (Lipinski definition) is 1. The maximum Gasteiger partial charge on any atom is 0.417 e. The molecule has 16 heavy (non-hydrogen) atoms. The van der Waals surface area contributed by atoms with Gasteiger partial charge in [0, 0.05) is 10.6 Å². The van der Waals surface area contributed by atoms with Crippen molar-refractivity contribution in [3.63, 3.8) is 0 Å². The molecule has 0 saturated carbocycles. The van der Waals surface area contributed by atoms with Crippen LogP contribution in [0.4, 0.5) is 13.2 Å². The van der Waals surface area contributed by atoms with E-state index in [9.17, 15) is 18.0 Å². The highest BCUT2D eigenvalue weighted by atomic mass is 35.5. The predicted molar refractivity (Wildman–Crippen MR) is 56.5 cm³/mol. The first-order valence-electron chi connectivity index (χ1n) is 3.92. The molecular weight excluding hydrogens is 287 g/mol. The highest BCUT2D eigenvalue weighted by molar-refractivity contribution is 6.39. The summed E-state index contributed by atoms with van der Waals surface area (Å²) in [4.78, 5) is 11.3. The van der Waals surface area contributed by atoms with Crippen molar-refractivity contribution < 1.29 is 18.0 Å². The van der Waals surface area contributed by atoms with Crippen molar-refractivity contribution >= 4 is 40.6 Å². The Balaban J connectivity index is 3.51. The third-order valence-corrected chi connectivity index (χ3v) is 2.52. The average molecular weight is 291 g/mol. The van der Waals surface area contributed by atoms with Crippen molar-refractivity contribution in [3.05, 3.63) is 33.3 Å². The molecule has 0 unspecified atom stereocenters. The molecule has 1 nitrogen and oxygen atoms in total. The molecule has 88 valence electrons. The van der Waals surface area contributed by atoms with Crippen molar-refractivity contribution in [2.75, 3.05) is 5.88 Å². The molecule has 0 atom stereocenters. The summed E-state index contributed by atoms with van der Waals surface area (Å²) in [6.07, 6.45) is -4.70. The lowest BCUT2D eigenvalue weighted by Crippen LogP contribution is -2.14. The molecular formula is C9H4Cl3F3O. The van der Waals surface area contributed by atoms with Gasteiger partial charge in [0.25, 0.3) is 0 Å². The summed E-state index contributed by atoms with van der Waals surface area (Å²) in [5.41, 5.74) is -1.82. The second-order valence-electron chi connectivity index (χ2n) is 2.86.